The second kappa shape index (κ2) is 5.82. The minimum absolute atomic E-state index is 0.125. The molecule has 1 fully saturated rings. The van der Waals surface area contributed by atoms with Gasteiger partial charge in [0, 0.05) is 37.5 Å². The zero-order valence-electron chi connectivity index (χ0n) is 11.5. The van der Waals surface area contributed by atoms with Crippen LogP contribution in [0.15, 0.2) is 12.4 Å². The highest BCUT2D eigenvalue weighted by Gasteiger charge is 2.31. The highest BCUT2D eigenvalue weighted by Crippen LogP contribution is 2.27. The molecule has 0 saturated carbocycles. The summed E-state index contributed by atoms with van der Waals surface area (Å²) < 4.78 is 7.32. The number of nitrogens with two attached hydrogens (primary N) is 1. The van der Waals surface area contributed by atoms with Crippen LogP contribution < -0.4 is 5.73 Å². The number of ether oxygens (including phenoxy) is 1. The Balaban J connectivity index is 2.18. The van der Waals surface area contributed by atoms with Gasteiger partial charge in [0.1, 0.15) is 0 Å². The maximum absolute atomic E-state index is 6.31. The fourth-order valence-electron chi connectivity index (χ4n) is 2.67. The quantitative estimate of drug-likeness (QED) is 0.846. The molecule has 18 heavy (non-hydrogen) atoms. The van der Waals surface area contributed by atoms with Crippen LogP contribution in [0, 0.1) is 0 Å². The van der Waals surface area contributed by atoms with Crippen LogP contribution in [0.3, 0.4) is 0 Å². The molecule has 3 unspecified atom stereocenters. The van der Waals surface area contributed by atoms with E-state index in [4.69, 9.17) is 10.5 Å². The fourth-order valence-corrected chi connectivity index (χ4v) is 2.67. The summed E-state index contributed by atoms with van der Waals surface area (Å²) in [5, 5.41) is 4.27. The van der Waals surface area contributed by atoms with Crippen molar-refractivity contribution in [3.05, 3.63) is 18.0 Å². The molecule has 102 valence electrons. The van der Waals surface area contributed by atoms with Crippen molar-refractivity contribution in [3.63, 3.8) is 0 Å². The van der Waals surface area contributed by atoms with Gasteiger partial charge >= 0.3 is 0 Å². The van der Waals surface area contributed by atoms with Crippen LogP contribution in [0.1, 0.15) is 31.4 Å². The van der Waals surface area contributed by atoms with E-state index in [1.807, 2.05) is 17.9 Å². The maximum Gasteiger partial charge on any atom is 0.0622 e. The monoisotopic (exact) mass is 252 g/mol. The zero-order chi connectivity index (χ0) is 13.1. The van der Waals surface area contributed by atoms with Gasteiger partial charge in [-0.05, 0) is 19.9 Å². The first-order chi connectivity index (χ1) is 8.63. The number of aryl methyl sites for hydroxylation is 1. The Bertz CT molecular complexity index is 373. The van der Waals surface area contributed by atoms with Gasteiger partial charge in [0.25, 0.3) is 0 Å². The van der Waals surface area contributed by atoms with Crippen LogP contribution in [0.4, 0.5) is 0 Å². The van der Waals surface area contributed by atoms with Crippen molar-refractivity contribution in [2.24, 2.45) is 12.8 Å². The van der Waals surface area contributed by atoms with Crippen molar-refractivity contribution < 1.29 is 4.74 Å². The molecule has 2 N–H and O–H groups in total. The van der Waals surface area contributed by atoms with E-state index >= 15 is 0 Å². The Morgan fingerprint density at radius 3 is 2.94 bits per heavy atom. The lowest BCUT2D eigenvalue weighted by Crippen LogP contribution is -2.44. The smallest absolute Gasteiger partial charge is 0.0622 e. The molecule has 2 heterocycles. The molecule has 0 bridgehead atoms. The standard InChI is InChI=1S/C13H24N4O/c1-4-12(14)13(10-7-15-16(2)8-10)17(3)11-5-6-18-9-11/h7-8,11-13H,4-6,9,14H2,1-3H3. The molecule has 1 aromatic heterocycles. The summed E-state index contributed by atoms with van der Waals surface area (Å²) in [4.78, 5) is 2.36. The summed E-state index contributed by atoms with van der Waals surface area (Å²) >= 11 is 0. The summed E-state index contributed by atoms with van der Waals surface area (Å²) in [5.41, 5.74) is 7.50. The molecule has 1 saturated heterocycles. The van der Waals surface area contributed by atoms with Crippen LogP contribution in [-0.2, 0) is 11.8 Å². The van der Waals surface area contributed by atoms with Gasteiger partial charge in [0.05, 0.1) is 18.8 Å². The SMILES string of the molecule is CCC(N)C(c1cnn(C)c1)N(C)C1CCOC1. The minimum Gasteiger partial charge on any atom is -0.380 e. The molecule has 5 heteroatoms. The summed E-state index contributed by atoms with van der Waals surface area (Å²) in [6.45, 7) is 3.80. The third-order valence-corrected chi connectivity index (χ3v) is 3.86. The average Bonchev–Trinajstić information content (AvgIpc) is 3.00. The third kappa shape index (κ3) is 2.74. The maximum atomic E-state index is 6.31. The summed E-state index contributed by atoms with van der Waals surface area (Å²) in [5.74, 6) is 0. The molecule has 0 aliphatic carbocycles. The number of hydrogen-bond acceptors (Lipinski definition) is 4. The Kier molecular flexibility index (Phi) is 4.37. The zero-order valence-corrected chi connectivity index (χ0v) is 11.5. The molecule has 3 atom stereocenters. The van der Waals surface area contributed by atoms with Crippen LogP contribution in [-0.4, -0.2) is 47.0 Å². The van der Waals surface area contributed by atoms with Gasteiger partial charge < -0.3 is 10.5 Å². The molecule has 1 aromatic rings. The van der Waals surface area contributed by atoms with Crippen molar-refractivity contribution in [3.8, 4) is 0 Å². The van der Waals surface area contributed by atoms with Crippen LogP contribution >= 0.6 is 0 Å². The second-order valence-electron chi connectivity index (χ2n) is 5.15. The predicted molar refractivity (Wildman–Crippen MR) is 71.2 cm³/mol. The molecular weight excluding hydrogens is 228 g/mol. The normalized spacial score (nSPS) is 23.5. The molecule has 5 nitrogen and oxygen atoms in total. The third-order valence-electron chi connectivity index (χ3n) is 3.86. The largest absolute Gasteiger partial charge is 0.380 e. The van der Waals surface area contributed by atoms with Crippen LogP contribution in [0.5, 0.6) is 0 Å². The number of hydrogen-bond donors (Lipinski definition) is 1. The molecule has 0 spiro atoms. The molecule has 1 aliphatic rings. The number of aromatic nitrogens is 2. The first kappa shape index (κ1) is 13.5. The van der Waals surface area contributed by atoms with Crippen LogP contribution in [0.25, 0.3) is 0 Å². The lowest BCUT2D eigenvalue weighted by atomic mass is 9.97. The van der Waals surface area contributed by atoms with E-state index in [0.29, 0.717) is 6.04 Å². The Morgan fingerprint density at radius 1 is 1.67 bits per heavy atom. The highest BCUT2D eigenvalue weighted by molar-refractivity contribution is 5.13. The first-order valence-corrected chi connectivity index (χ1v) is 6.67. The molecule has 0 amide bonds. The minimum atomic E-state index is 0.125. The topological polar surface area (TPSA) is 56.3 Å². The Morgan fingerprint density at radius 2 is 2.44 bits per heavy atom. The van der Waals surface area contributed by atoms with Gasteiger partial charge in [0.2, 0.25) is 0 Å². The van der Waals surface area contributed by atoms with E-state index in [2.05, 4.69) is 30.2 Å². The van der Waals surface area contributed by atoms with Gasteiger partial charge in [-0.1, -0.05) is 6.92 Å². The van der Waals surface area contributed by atoms with Crippen molar-refractivity contribution in [1.82, 2.24) is 14.7 Å². The first-order valence-electron chi connectivity index (χ1n) is 6.67. The average molecular weight is 252 g/mol. The van der Waals surface area contributed by atoms with E-state index in [1.54, 1.807) is 0 Å². The van der Waals surface area contributed by atoms with Gasteiger partial charge in [-0.25, -0.2) is 0 Å². The molecule has 0 radical (unpaired) electrons. The van der Waals surface area contributed by atoms with Gasteiger partial charge in [-0.15, -0.1) is 0 Å². The van der Waals surface area contributed by atoms with E-state index in [1.165, 1.54) is 5.56 Å². The Labute approximate surface area is 109 Å². The Hall–Kier alpha value is -0.910. The molecule has 1 aliphatic heterocycles. The van der Waals surface area contributed by atoms with Crippen molar-refractivity contribution >= 4 is 0 Å². The molecular formula is C13H24N4O. The summed E-state index contributed by atoms with van der Waals surface area (Å²) in [6.07, 6.45) is 6.03. The van der Waals surface area contributed by atoms with E-state index in [9.17, 15) is 0 Å². The summed E-state index contributed by atoms with van der Waals surface area (Å²) in [6, 6.07) is 0.808. The lowest BCUT2D eigenvalue weighted by Gasteiger charge is -2.35. The highest BCUT2D eigenvalue weighted by atomic mass is 16.5. The van der Waals surface area contributed by atoms with Crippen molar-refractivity contribution in [1.29, 1.82) is 0 Å². The fraction of sp³-hybridized carbons (Fsp3) is 0.769. The summed E-state index contributed by atoms with van der Waals surface area (Å²) in [7, 11) is 4.09. The van der Waals surface area contributed by atoms with Gasteiger partial charge in [-0.3, -0.25) is 9.58 Å². The molecule has 0 aromatic carbocycles. The predicted octanol–water partition coefficient (Wildman–Crippen LogP) is 0.919. The number of likely N-dealkylation sites (N-methyl/N-ethyl adjacent to an activating group) is 1. The van der Waals surface area contributed by atoms with Gasteiger partial charge in [0.15, 0.2) is 0 Å². The number of nitrogens with zero attached hydrogens (tertiary/aromatic N) is 3. The lowest BCUT2D eigenvalue weighted by molar-refractivity contribution is 0.119. The number of rotatable bonds is 5. The van der Waals surface area contributed by atoms with Gasteiger partial charge in [-0.2, -0.15) is 5.10 Å². The van der Waals surface area contributed by atoms with E-state index in [-0.39, 0.29) is 12.1 Å². The van der Waals surface area contributed by atoms with E-state index < -0.39 is 0 Å². The van der Waals surface area contributed by atoms with Crippen molar-refractivity contribution in [2.45, 2.75) is 37.9 Å². The van der Waals surface area contributed by atoms with Crippen LogP contribution in [0.2, 0.25) is 0 Å². The van der Waals surface area contributed by atoms with Crippen molar-refractivity contribution in [2.75, 3.05) is 20.3 Å². The second-order valence-corrected chi connectivity index (χ2v) is 5.15. The van der Waals surface area contributed by atoms with E-state index in [0.717, 1.165) is 26.1 Å². The molecule has 2 rings (SSSR count).